The third-order valence-corrected chi connectivity index (χ3v) is 3.34. The first-order chi connectivity index (χ1) is 9.48. The number of hydrogen-bond acceptors (Lipinski definition) is 5. The lowest BCUT2D eigenvalue weighted by molar-refractivity contribution is 0.415. The van der Waals surface area contributed by atoms with Crippen LogP contribution in [0.15, 0.2) is 33.7 Å². The van der Waals surface area contributed by atoms with Gasteiger partial charge in [0.25, 0.3) is 0 Å². The minimum Gasteiger partial charge on any atom is -0.421 e. The number of likely N-dealkylation sites (N-methyl/N-ethyl adjacent to an activating group) is 1. The summed E-state index contributed by atoms with van der Waals surface area (Å²) < 4.78 is 18.7. The molecule has 0 saturated heterocycles. The number of amidine groups is 1. The second-order valence-electron chi connectivity index (χ2n) is 5.30. The van der Waals surface area contributed by atoms with E-state index in [4.69, 9.17) is 4.42 Å². The molecule has 3 rings (SSSR count). The Morgan fingerprint density at radius 2 is 2.10 bits per heavy atom. The molecule has 0 saturated carbocycles. The minimum atomic E-state index is -0.572. The van der Waals surface area contributed by atoms with Gasteiger partial charge in [0.05, 0.1) is 12.0 Å². The number of pyridine rings is 1. The van der Waals surface area contributed by atoms with Crippen LogP contribution >= 0.6 is 0 Å². The van der Waals surface area contributed by atoms with Crippen LogP contribution in [0.25, 0.3) is 11.2 Å². The zero-order valence-corrected chi connectivity index (χ0v) is 11.6. The molecule has 0 aromatic carbocycles. The van der Waals surface area contributed by atoms with E-state index in [1.54, 1.807) is 6.07 Å². The SMILES string of the molecule is CN(C)C1=NCC(C)(c2nc3ccc(F)nc3o2)C=C1. The fourth-order valence-corrected chi connectivity index (χ4v) is 2.08. The first-order valence-corrected chi connectivity index (χ1v) is 6.32. The average Bonchev–Trinajstić information content (AvgIpc) is 2.83. The molecule has 0 amide bonds. The molecule has 0 fully saturated rings. The molecule has 0 radical (unpaired) electrons. The maximum absolute atomic E-state index is 13.1. The number of dihydropyridines is 1. The third-order valence-electron chi connectivity index (χ3n) is 3.34. The highest BCUT2D eigenvalue weighted by Crippen LogP contribution is 2.30. The number of oxazole rings is 1. The van der Waals surface area contributed by atoms with Crippen molar-refractivity contribution in [3.05, 3.63) is 36.1 Å². The van der Waals surface area contributed by atoms with E-state index < -0.39 is 11.4 Å². The zero-order chi connectivity index (χ0) is 14.3. The van der Waals surface area contributed by atoms with Crippen molar-refractivity contribution in [3.8, 4) is 0 Å². The van der Waals surface area contributed by atoms with Gasteiger partial charge in [0, 0.05) is 14.1 Å². The average molecular weight is 274 g/mol. The summed E-state index contributed by atoms with van der Waals surface area (Å²) >= 11 is 0. The van der Waals surface area contributed by atoms with Gasteiger partial charge in [0.15, 0.2) is 0 Å². The monoisotopic (exact) mass is 274 g/mol. The van der Waals surface area contributed by atoms with Gasteiger partial charge in [-0.2, -0.15) is 9.37 Å². The highest BCUT2D eigenvalue weighted by molar-refractivity contribution is 5.93. The van der Waals surface area contributed by atoms with Gasteiger partial charge in [-0.1, -0.05) is 6.08 Å². The lowest BCUT2D eigenvalue weighted by Gasteiger charge is -2.25. The van der Waals surface area contributed by atoms with Crippen molar-refractivity contribution in [2.45, 2.75) is 12.3 Å². The molecule has 1 aliphatic heterocycles. The third kappa shape index (κ3) is 2.07. The van der Waals surface area contributed by atoms with Crippen molar-refractivity contribution in [2.24, 2.45) is 4.99 Å². The van der Waals surface area contributed by atoms with Crippen LogP contribution in [-0.2, 0) is 5.41 Å². The molecule has 1 unspecified atom stereocenters. The molecule has 2 aromatic rings. The van der Waals surface area contributed by atoms with Crippen molar-refractivity contribution in [1.82, 2.24) is 14.9 Å². The summed E-state index contributed by atoms with van der Waals surface area (Å²) in [6, 6.07) is 2.84. The van der Waals surface area contributed by atoms with Crippen molar-refractivity contribution in [3.63, 3.8) is 0 Å². The van der Waals surface area contributed by atoms with E-state index in [-0.39, 0.29) is 5.71 Å². The Balaban J connectivity index is 1.97. The Hall–Kier alpha value is -2.24. The Bertz CT molecular complexity index is 719. The lowest BCUT2D eigenvalue weighted by Crippen LogP contribution is -2.31. The van der Waals surface area contributed by atoms with E-state index in [0.29, 0.717) is 18.0 Å². The smallest absolute Gasteiger partial charge is 0.249 e. The molecule has 0 bridgehead atoms. The van der Waals surface area contributed by atoms with Gasteiger partial charge in [0.1, 0.15) is 11.4 Å². The molecule has 2 aromatic heterocycles. The van der Waals surface area contributed by atoms with E-state index in [0.717, 1.165) is 5.84 Å². The Labute approximate surface area is 115 Å². The molecule has 5 nitrogen and oxygen atoms in total. The molecule has 1 atom stereocenters. The first-order valence-electron chi connectivity index (χ1n) is 6.32. The van der Waals surface area contributed by atoms with Crippen LogP contribution in [0.4, 0.5) is 4.39 Å². The van der Waals surface area contributed by atoms with Crippen molar-refractivity contribution in [1.29, 1.82) is 0 Å². The topological polar surface area (TPSA) is 54.5 Å². The highest BCUT2D eigenvalue weighted by atomic mass is 19.1. The number of halogens is 1. The summed E-state index contributed by atoms with van der Waals surface area (Å²) in [5, 5.41) is 0. The molecule has 6 heteroatoms. The summed E-state index contributed by atoms with van der Waals surface area (Å²) in [5.74, 6) is 0.837. The Kier molecular flexibility index (Phi) is 2.81. The van der Waals surface area contributed by atoms with Crippen LogP contribution in [0, 0.1) is 5.95 Å². The van der Waals surface area contributed by atoms with Gasteiger partial charge >= 0.3 is 0 Å². The largest absolute Gasteiger partial charge is 0.421 e. The molecule has 1 aliphatic rings. The Morgan fingerprint density at radius 3 is 2.75 bits per heavy atom. The van der Waals surface area contributed by atoms with Gasteiger partial charge in [-0.25, -0.2) is 4.98 Å². The number of hydrogen-bond donors (Lipinski definition) is 0. The van der Waals surface area contributed by atoms with Crippen LogP contribution in [-0.4, -0.2) is 41.3 Å². The second kappa shape index (κ2) is 4.40. The molecule has 0 aliphatic carbocycles. The quantitative estimate of drug-likeness (QED) is 0.748. The van der Waals surface area contributed by atoms with Crippen LogP contribution in [0.3, 0.4) is 0 Å². The lowest BCUT2D eigenvalue weighted by atomic mass is 9.88. The normalized spacial score (nSPS) is 22.1. The summed E-state index contributed by atoms with van der Waals surface area (Å²) in [5.41, 5.74) is 0.340. The summed E-state index contributed by atoms with van der Waals surface area (Å²) in [6.07, 6.45) is 3.95. The minimum absolute atomic E-state index is 0.219. The number of fused-ring (bicyclic) bond motifs is 1. The van der Waals surface area contributed by atoms with E-state index in [1.165, 1.54) is 6.07 Å². The van der Waals surface area contributed by atoms with Crippen LogP contribution < -0.4 is 0 Å². The molecular formula is C14H15FN4O. The summed E-state index contributed by atoms with van der Waals surface area (Å²) in [6.45, 7) is 2.52. The highest BCUT2D eigenvalue weighted by Gasteiger charge is 2.32. The molecule has 20 heavy (non-hydrogen) atoms. The Morgan fingerprint density at radius 1 is 1.30 bits per heavy atom. The van der Waals surface area contributed by atoms with Crippen molar-refractivity contribution < 1.29 is 8.81 Å². The van der Waals surface area contributed by atoms with Gasteiger partial charge in [0.2, 0.25) is 17.6 Å². The van der Waals surface area contributed by atoms with Crippen molar-refractivity contribution in [2.75, 3.05) is 20.6 Å². The molecule has 0 N–H and O–H groups in total. The maximum Gasteiger partial charge on any atom is 0.249 e. The summed E-state index contributed by atoms with van der Waals surface area (Å²) in [4.78, 5) is 14.5. The predicted molar refractivity (Wildman–Crippen MR) is 74.2 cm³/mol. The van der Waals surface area contributed by atoms with Gasteiger partial charge in [-0.15, -0.1) is 0 Å². The molecule has 3 heterocycles. The fourth-order valence-electron chi connectivity index (χ4n) is 2.08. The summed E-state index contributed by atoms with van der Waals surface area (Å²) in [7, 11) is 3.88. The van der Waals surface area contributed by atoms with Gasteiger partial charge < -0.3 is 9.32 Å². The first kappa shape index (κ1) is 12.8. The van der Waals surface area contributed by atoms with E-state index in [2.05, 4.69) is 15.0 Å². The number of nitrogens with zero attached hydrogens (tertiary/aromatic N) is 4. The van der Waals surface area contributed by atoms with Crippen LogP contribution in [0.5, 0.6) is 0 Å². The van der Waals surface area contributed by atoms with E-state index in [1.807, 2.05) is 38.1 Å². The van der Waals surface area contributed by atoms with Crippen LogP contribution in [0.1, 0.15) is 12.8 Å². The number of rotatable bonds is 1. The predicted octanol–water partition coefficient (Wildman–Crippen LogP) is 2.15. The molecule has 104 valence electrons. The molecule has 0 spiro atoms. The van der Waals surface area contributed by atoms with E-state index >= 15 is 0 Å². The second-order valence-corrected chi connectivity index (χ2v) is 5.30. The van der Waals surface area contributed by atoms with Gasteiger partial charge in [-0.3, -0.25) is 4.99 Å². The maximum atomic E-state index is 13.1. The fraction of sp³-hybridized carbons (Fsp3) is 0.357. The number of aromatic nitrogens is 2. The van der Waals surface area contributed by atoms with Crippen molar-refractivity contribution >= 4 is 17.1 Å². The standard InChI is InChI=1S/C14H15FN4O/c1-14(7-6-11(16-8-14)19(2)3)13-17-9-4-5-10(15)18-12(9)20-13/h4-7H,8H2,1-3H3. The zero-order valence-electron chi connectivity index (χ0n) is 11.6. The number of aliphatic imine (C=N–C) groups is 1. The van der Waals surface area contributed by atoms with Crippen LogP contribution in [0.2, 0.25) is 0 Å². The molecular weight excluding hydrogens is 259 g/mol. The van der Waals surface area contributed by atoms with E-state index in [9.17, 15) is 4.39 Å². The van der Waals surface area contributed by atoms with Gasteiger partial charge in [-0.05, 0) is 25.1 Å².